The van der Waals surface area contributed by atoms with Crippen LogP contribution in [0.2, 0.25) is 0 Å². The Bertz CT molecular complexity index is 95.2. The van der Waals surface area contributed by atoms with Crippen molar-refractivity contribution in [2.24, 2.45) is 0 Å². The number of alkyl halides is 3. The van der Waals surface area contributed by atoms with Gasteiger partial charge in [0.2, 0.25) is 0 Å². The van der Waals surface area contributed by atoms with Gasteiger partial charge < -0.3 is 0 Å². The molecule has 0 aromatic carbocycles. The van der Waals surface area contributed by atoms with Gasteiger partial charge >= 0.3 is 12.1 Å². The molecule has 47 valence electrons. The van der Waals surface area contributed by atoms with E-state index in [1.54, 1.807) is 0 Å². The molecular weight excluding hydrogens is 129 g/mol. The van der Waals surface area contributed by atoms with E-state index >= 15 is 0 Å². The van der Waals surface area contributed by atoms with Gasteiger partial charge in [0.15, 0.2) is 0 Å². The second-order valence-corrected chi connectivity index (χ2v) is 0.869. The molecule has 3 nitrogen and oxygen atoms in total. The monoisotopic (exact) mass is 129 g/mol. The summed E-state index contributed by atoms with van der Waals surface area (Å²) in [6.07, 6.45) is -5.16. The van der Waals surface area contributed by atoms with Crippen molar-refractivity contribution in [1.29, 1.82) is 0 Å². The normalized spacial score (nSPS) is 11.0. The average molecular weight is 129 g/mol. The van der Waals surface area contributed by atoms with Crippen molar-refractivity contribution >= 4 is 5.97 Å². The number of carbonyl (C=O) groups is 1. The molecule has 0 spiro atoms. The third-order valence-electron chi connectivity index (χ3n) is 0.307. The summed E-state index contributed by atoms with van der Waals surface area (Å²) in [7, 11) is 0. The van der Waals surface area contributed by atoms with Gasteiger partial charge in [-0.15, -0.1) is 0 Å². The van der Waals surface area contributed by atoms with Crippen molar-refractivity contribution in [3.63, 3.8) is 0 Å². The number of hydrogen-bond acceptors (Lipinski definition) is 2. The Morgan fingerprint density at radius 1 is 1.38 bits per heavy atom. The Balaban J connectivity index is 3.82. The lowest BCUT2D eigenvalue weighted by Crippen LogP contribution is -2.23. The summed E-state index contributed by atoms with van der Waals surface area (Å²) >= 11 is 0. The molecule has 0 bridgehead atoms. The van der Waals surface area contributed by atoms with Gasteiger partial charge in [0.1, 0.15) is 0 Å². The van der Waals surface area contributed by atoms with E-state index in [4.69, 9.17) is 5.26 Å². The number of halogens is 3. The molecule has 8 heavy (non-hydrogen) atoms. The molecule has 0 atom stereocenters. The summed E-state index contributed by atoms with van der Waals surface area (Å²) in [5.41, 5.74) is 0. The Morgan fingerprint density at radius 2 is 1.75 bits per heavy atom. The highest BCUT2D eigenvalue weighted by atomic mass is 19.4. The quantitative estimate of drug-likeness (QED) is 0.351. The molecule has 0 unspecified atom stereocenters. The second-order valence-electron chi connectivity index (χ2n) is 0.869. The topological polar surface area (TPSA) is 46.2 Å². The summed E-state index contributed by atoms with van der Waals surface area (Å²) in [6, 6.07) is 0. The molecule has 1 radical (unpaired) electrons. The zero-order valence-electron chi connectivity index (χ0n) is 3.36. The van der Waals surface area contributed by atoms with Crippen LogP contribution in [-0.4, -0.2) is 12.1 Å². The Labute approximate surface area is 41.6 Å². The van der Waals surface area contributed by atoms with Crippen LogP contribution in [0.15, 0.2) is 0 Å². The smallest absolute Gasteiger partial charge is 0.255 e. The Kier molecular flexibility index (Phi) is 1.80. The minimum absolute atomic E-state index is 2.10. The molecule has 0 aromatic rings. The van der Waals surface area contributed by atoms with Crippen molar-refractivity contribution in [2.45, 2.75) is 6.18 Å². The van der Waals surface area contributed by atoms with Crippen LogP contribution in [0.3, 0.4) is 0 Å². The molecule has 0 aromatic heterocycles. The maximum Gasteiger partial charge on any atom is 0.494 e. The van der Waals surface area contributed by atoms with Gasteiger partial charge in [-0.2, -0.15) is 13.2 Å². The van der Waals surface area contributed by atoms with Gasteiger partial charge in [-0.05, 0) is 0 Å². The second kappa shape index (κ2) is 1.99. The first-order valence-electron chi connectivity index (χ1n) is 1.39. The average Bonchev–Trinajstić information content (AvgIpc) is 1.62. The van der Waals surface area contributed by atoms with Gasteiger partial charge in [-0.25, -0.2) is 4.79 Å². The van der Waals surface area contributed by atoms with Crippen LogP contribution in [0.25, 0.3) is 0 Å². The van der Waals surface area contributed by atoms with Gasteiger partial charge in [0.25, 0.3) is 0 Å². The summed E-state index contributed by atoms with van der Waals surface area (Å²) in [4.78, 5) is 11.3. The third kappa shape index (κ3) is 1.78. The van der Waals surface area contributed by atoms with Gasteiger partial charge in [-0.1, -0.05) is 0 Å². The predicted octanol–water partition coefficient (Wildman–Crippen LogP) is 0.437. The lowest BCUT2D eigenvalue weighted by Gasteiger charge is -1.96. The SMILES string of the molecule is [O]OC(=O)C(F)(F)F. The van der Waals surface area contributed by atoms with E-state index in [-0.39, 0.29) is 0 Å². The maximum absolute atomic E-state index is 10.8. The molecule has 0 amide bonds. The molecule has 0 fully saturated rings. The highest BCUT2D eigenvalue weighted by molar-refractivity contribution is 5.74. The molecule has 0 aliphatic carbocycles. The van der Waals surface area contributed by atoms with Gasteiger partial charge in [0.05, 0.1) is 0 Å². The fourth-order valence-corrected chi connectivity index (χ4v) is 0.0472. The molecule has 6 heteroatoms. The van der Waals surface area contributed by atoms with E-state index in [0.29, 0.717) is 0 Å². The number of rotatable bonds is 0. The van der Waals surface area contributed by atoms with Crippen LogP contribution >= 0.6 is 0 Å². The summed E-state index contributed by atoms with van der Waals surface area (Å²) in [5.74, 6) is -2.72. The highest BCUT2D eigenvalue weighted by Gasteiger charge is 2.41. The van der Waals surface area contributed by atoms with Gasteiger partial charge in [-0.3, -0.25) is 4.89 Å². The van der Waals surface area contributed by atoms with E-state index in [9.17, 15) is 18.0 Å². The van der Waals surface area contributed by atoms with E-state index in [1.807, 2.05) is 0 Å². The number of hydrogen-bond donors (Lipinski definition) is 0. The van der Waals surface area contributed by atoms with E-state index in [0.717, 1.165) is 0 Å². The van der Waals surface area contributed by atoms with Crippen LogP contribution in [0, 0.1) is 0 Å². The zero-order chi connectivity index (χ0) is 6.78. The lowest BCUT2D eigenvalue weighted by atomic mass is 10.7. The van der Waals surface area contributed by atoms with Crippen LogP contribution in [-0.2, 0) is 14.9 Å². The molecule has 0 heterocycles. The first-order chi connectivity index (χ1) is 3.48. The molecule has 0 aliphatic heterocycles. The molecule has 0 rings (SSSR count). The van der Waals surface area contributed by atoms with Crippen molar-refractivity contribution in [3.8, 4) is 0 Å². The standard InChI is InChI=1S/C2F3O3/c3-2(4,5)1(6)8-7. The van der Waals surface area contributed by atoms with Crippen molar-refractivity contribution in [3.05, 3.63) is 0 Å². The van der Waals surface area contributed by atoms with Crippen LogP contribution in [0.5, 0.6) is 0 Å². The molecule has 0 saturated carbocycles. The Hall–Kier alpha value is -0.780. The fourth-order valence-electron chi connectivity index (χ4n) is 0.0472. The van der Waals surface area contributed by atoms with Crippen LogP contribution < -0.4 is 0 Å². The largest absolute Gasteiger partial charge is 0.494 e. The Morgan fingerprint density at radius 3 is 1.75 bits per heavy atom. The maximum atomic E-state index is 10.8. The highest BCUT2D eigenvalue weighted by Crippen LogP contribution is 2.15. The van der Waals surface area contributed by atoms with E-state index in [2.05, 4.69) is 4.89 Å². The van der Waals surface area contributed by atoms with Crippen molar-refractivity contribution < 1.29 is 28.1 Å². The fraction of sp³-hybridized carbons (Fsp3) is 0.500. The first kappa shape index (κ1) is 7.22. The van der Waals surface area contributed by atoms with Gasteiger partial charge in [0, 0.05) is 5.26 Å². The summed E-state index contributed by atoms with van der Waals surface area (Å²) in [5, 5.41) is 8.71. The summed E-state index contributed by atoms with van der Waals surface area (Å²) in [6.45, 7) is 0. The first-order valence-corrected chi connectivity index (χ1v) is 1.39. The molecule has 0 N–H and O–H groups in total. The zero-order valence-corrected chi connectivity index (χ0v) is 3.36. The van der Waals surface area contributed by atoms with Crippen molar-refractivity contribution in [2.75, 3.05) is 0 Å². The predicted molar refractivity (Wildman–Crippen MR) is 12.8 cm³/mol. The minimum atomic E-state index is -5.16. The third-order valence-corrected chi connectivity index (χ3v) is 0.307. The van der Waals surface area contributed by atoms with E-state index in [1.165, 1.54) is 0 Å². The lowest BCUT2D eigenvalue weighted by molar-refractivity contribution is -0.307. The van der Waals surface area contributed by atoms with Crippen molar-refractivity contribution in [1.82, 2.24) is 0 Å². The van der Waals surface area contributed by atoms with Crippen LogP contribution in [0.4, 0.5) is 13.2 Å². The molecular formula is C2F3O3. The molecule has 0 aliphatic rings. The molecule has 0 saturated heterocycles. The van der Waals surface area contributed by atoms with E-state index < -0.39 is 12.1 Å². The summed E-state index contributed by atoms with van der Waals surface area (Å²) < 4.78 is 32.3. The van der Waals surface area contributed by atoms with Crippen LogP contribution in [0.1, 0.15) is 0 Å². The minimum Gasteiger partial charge on any atom is -0.255 e. The number of carbonyl (C=O) groups excluding carboxylic acids is 1.